The highest BCUT2D eigenvalue weighted by atomic mass is 35.5. The minimum absolute atomic E-state index is 0.0491. The zero-order valence-electron chi connectivity index (χ0n) is 12.2. The van der Waals surface area contributed by atoms with Crippen molar-refractivity contribution in [2.45, 2.75) is 0 Å². The molecule has 0 aliphatic rings. The van der Waals surface area contributed by atoms with Crippen molar-refractivity contribution in [3.8, 4) is 5.75 Å². The van der Waals surface area contributed by atoms with E-state index in [2.05, 4.69) is 5.32 Å². The zero-order chi connectivity index (χ0) is 16.8. The monoisotopic (exact) mass is 332 g/mol. The van der Waals surface area contributed by atoms with Crippen LogP contribution in [0.15, 0.2) is 48.5 Å². The van der Waals surface area contributed by atoms with Crippen molar-refractivity contribution in [3.63, 3.8) is 0 Å². The lowest BCUT2D eigenvalue weighted by Gasteiger charge is -2.04. The highest BCUT2D eigenvalue weighted by molar-refractivity contribution is 6.32. The van der Waals surface area contributed by atoms with Gasteiger partial charge in [-0.25, -0.2) is 0 Å². The van der Waals surface area contributed by atoms with E-state index in [1.165, 1.54) is 31.4 Å². The molecule has 0 fully saturated rings. The number of carbonyl (C=O) groups excluding carboxylic acids is 1. The summed E-state index contributed by atoms with van der Waals surface area (Å²) in [7, 11) is 1.54. The Morgan fingerprint density at radius 1 is 1.30 bits per heavy atom. The van der Waals surface area contributed by atoms with Crippen molar-refractivity contribution >= 4 is 35.0 Å². The number of nitro groups is 1. The number of hydrogen-bond acceptors (Lipinski definition) is 4. The fourth-order valence-electron chi connectivity index (χ4n) is 1.83. The quantitative estimate of drug-likeness (QED) is 0.511. The van der Waals surface area contributed by atoms with Crippen LogP contribution in [0.3, 0.4) is 0 Å². The molecule has 2 rings (SSSR count). The Morgan fingerprint density at radius 2 is 2.09 bits per heavy atom. The van der Waals surface area contributed by atoms with Crippen LogP contribution in [0.2, 0.25) is 5.02 Å². The summed E-state index contributed by atoms with van der Waals surface area (Å²) in [4.78, 5) is 22.1. The summed E-state index contributed by atoms with van der Waals surface area (Å²) in [5.74, 6) is 0.260. The first-order valence-corrected chi connectivity index (χ1v) is 6.94. The molecule has 0 aliphatic heterocycles. The van der Waals surface area contributed by atoms with Crippen LogP contribution < -0.4 is 10.1 Å². The van der Waals surface area contributed by atoms with Crippen LogP contribution in [0.5, 0.6) is 5.75 Å². The van der Waals surface area contributed by atoms with E-state index >= 15 is 0 Å². The summed E-state index contributed by atoms with van der Waals surface area (Å²) in [6.07, 6.45) is 2.76. The molecule has 0 heterocycles. The highest BCUT2D eigenvalue weighted by Gasteiger charge is 2.11. The van der Waals surface area contributed by atoms with Gasteiger partial charge in [-0.3, -0.25) is 14.9 Å². The van der Waals surface area contributed by atoms with Gasteiger partial charge in [0.25, 0.3) is 5.69 Å². The van der Waals surface area contributed by atoms with Gasteiger partial charge in [0.05, 0.1) is 12.0 Å². The summed E-state index contributed by atoms with van der Waals surface area (Å²) in [5.41, 5.74) is 0.880. The van der Waals surface area contributed by atoms with E-state index in [0.29, 0.717) is 17.0 Å². The molecule has 0 saturated carbocycles. The van der Waals surface area contributed by atoms with Crippen LogP contribution in [0.25, 0.3) is 6.08 Å². The molecular formula is C16H13ClN2O4. The first kappa shape index (κ1) is 16.5. The minimum atomic E-state index is -0.573. The van der Waals surface area contributed by atoms with Crippen LogP contribution in [-0.2, 0) is 4.79 Å². The van der Waals surface area contributed by atoms with E-state index in [1.54, 1.807) is 30.3 Å². The van der Waals surface area contributed by atoms with Crippen molar-refractivity contribution < 1.29 is 14.5 Å². The fourth-order valence-corrected chi connectivity index (χ4v) is 2.02. The van der Waals surface area contributed by atoms with Gasteiger partial charge in [-0.05, 0) is 29.8 Å². The number of amides is 1. The van der Waals surface area contributed by atoms with Crippen molar-refractivity contribution in [2.24, 2.45) is 0 Å². The molecule has 1 N–H and O–H groups in total. The number of nitro benzene ring substituents is 1. The molecule has 0 aromatic heterocycles. The standard InChI is InChI=1S/C16H13ClN2O4/c1-23-13-4-2-3-12(10-13)18-16(20)8-6-11-5-7-14(17)15(9-11)19(21)22/h2-10H,1H3,(H,18,20)/b8-6+. The van der Waals surface area contributed by atoms with Crippen LogP contribution >= 0.6 is 11.6 Å². The van der Waals surface area contributed by atoms with Crippen molar-refractivity contribution in [3.05, 3.63) is 69.2 Å². The lowest BCUT2D eigenvalue weighted by molar-refractivity contribution is -0.384. The van der Waals surface area contributed by atoms with Crippen LogP contribution in [0, 0.1) is 10.1 Å². The number of nitrogens with one attached hydrogen (secondary N) is 1. The molecule has 0 bridgehead atoms. The molecule has 1 amide bonds. The third-order valence-electron chi connectivity index (χ3n) is 2.93. The molecule has 7 heteroatoms. The molecule has 0 atom stereocenters. The van der Waals surface area contributed by atoms with Gasteiger partial charge in [-0.2, -0.15) is 0 Å². The number of nitrogens with zero attached hydrogens (tertiary/aromatic N) is 1. The first-order valence-electron chi connectivity index (χ1n) is 6.56. The fraction of sp³-hybridized carbons (Fsp3) is 0.0625. The van der Waals surface area contributed by atoms with Gasteiger partial charge < -0.3 is 10.1 Å². The number of benzene rings is 2. The molecule has 0 unspecified atom stereocenters. The lowest BCUT2D eigenvalue weighted by atomic mass is 10.2. The summed E-state index contributed by atoms with van der Waals surface area (Å²) in [6, 6.07) is 11.2. The summed E-state index contributed by atoms with van der Waals surface area (Å²) >= 11 is 5.73. The van der Waals surface area contributed by atoms with E-state index in [0.717, 1.165) is 0 Å². The number of hydrogen-bond donors (Lipinski definition) is 1. The van der Waals surface area contributed by atoms with Gasteiger partial charge in [-0.1, -0.05) is 23.7 Å². The molecule has 0 spiro atoms. The van der Waals surface area contributed by atoms with Gasteiger partial charge >= 0.3 is 0 Å². The maximum Gasteiger partial charge on any atom is 0.288 e. The second kappa shape index (κ2) is 7.42. The first-order chi connectivity index (χ1) is 11.0. The second-order valence-corrected chi connectivity index (χ2v) is 4.93. The van der Waals surface area contributed by atoms with Crippen LogP contribution in [0.4, 0.5) is 11.4 Å². The summed E-state index contributed by atoms with van der Waals surface area (Å²) < 4.78 is 5.07. The molecule has 6 nitrogen and oxygen atoms in total. The van der Waals surface area contributed by atoms with Crippen molar-refractivity contribution in [2.75, 3.05) is 12.4 Å². The topological polar surface area (TPSA) is 81.5 Å². The average molecular weight is 333 g/mol. The van der Waals surface area contributed by atoms with Gasteiger partial charge in [0.2, 0.25) is 5.91 Å². The van der Waals surface area contributed by atoms with Gasteiger partial charge in [0.15, 0.2) is 0 Å². The number of methoxy groups -OCH3 is 1. The Hall–Kier alpha value is -2.86. The predicted molar refractivity (Wildman–Crippen MR) is 88.8 cm³/mol. The van der Waals surface area contributed by atoms with E-state index < -0.39 is 4.92 Å². The van der Waals surface area contributed by atoms with Crippen LogP contribution in [-0.4, -0.2) is 17.9 Å². The molecule has 0 saturated heterocycles. The molecule has 23 heavy (non-hydrogen) atoms. The number of anilines is 1. The number of ether oxygens (including phenoxy) is 1. The third kappa shape index (κ3) is 4.55. The predicted octanol–water partition coefficient (Wildman–Crippen LogP) is 3.91. The minimum Gasteiger partial charge on any atom is -0.497 e. The van der Waals surface area contributed by atoms with E-state index in [-0.39, 0.29) is 16.6 Å². The van der Waals surface area contributed by atoms with Crippen LogP contribution in [0.1, 0.15) is 5.56 Å². The summed E-state index contributed by atoms with van der Waals surface area (Å²) in [5, 5.41) is 13.5. The number of carbonyl (C=O) groups is 1. The third-order valence-corrected chi connectivity index (χ3v) is 3.25. The SMILES string of the molecule is COc1cccc(NC(=O)/C=C/c2ccc(Cl)c([N+](=O)[O-])c2)c1. The smallest absolute Gasteiger partial charge is 0.288 e. The molecule has 2 aromatic carbocycles. The maximum absolute atomic E-state index is 11.9. The molecule has 118 valence electrons. The number of halogens is 1. The maximum atomic E-state index is 11.9. The van der Waals surface area contributed by atoms with E-state index in [4.69, 9.17) is 16.3 Å². The lowest BCUT2D eigenvalue weighted by Crippen LogP contribution is -2.07. The van der Waals surface area contributed by atoms with Crippen molar-refractivity contribution in [1.82, 2.24) is 0 Å². The second-order valence-electron chi connectivity index (χ2n) is 4.52. The van der Waals surface area contributed by atoms with Gasteiger partial charge in [0, 0.05) is 23.9 Å². The summed E-state index contributed by atoms with van der Waals surface area (Å²) in [6.45, 7) is 0. The molecule has 0 radical (unpaired) electrons. The Kier molecular flexibility index (Phi) is 5.32. The molecular weight excluding hydrogens is 320 g/mol. The highest BCUT2D eigenvalue weighted by Crippen LogP contribution is 2.25. The van der Waals surface area contributed by atoms with Gasteiger partial charge in [-0.15, -0.1) is 0 Å². The Labute approximate surface area is 137 Å². The number of rotatable bonds is 5. The average Bonchev–Trinajstić information content (AvgIpc) is 2.54. The van der Waals surface area contributed by atoms with E-state index in [9.17, 15) is 14.9 Å². The zero-order valence-corrected chi connectivity index (χ0v) is 12.9. The molecule has 0 aliphatic carbocycles. The van der Waals surface area contributed by atoms with Crippen molar-refractivity contribution in [1.29, 1.82) is 0 Å². The molecule has 2 aromatic rings. The Balaban J connectivity index is 2.09. The normalized spacial score (nSPS) is 10.5. The van der Waals surface area contributed by atoms with Gasteiger partial charge in [0.1, 0.15) is 10.8 Å². The Morgan fingerprint density at radius 3 is 2.78 bits per heavy atom. The van der Waals surface area contributed by atoms with E-state index in [1.807, 2.05) is 0 Å². The largest absolute Gasteiger partial charge is 0.497 e. The Bertz CT molecular complexity index is 774.